The lowest BCUT2D eigenvalue weighted by molar-refractivity contribution is -0.131. The number of halogens is 2. The topological polar surface area (TPSA) is 67.2 Å². The van der Waals surface area contributed by atoms with Crippen LogP contribution >= 0.6 is 27.5 Å². The Hall–Kier alpha value is -1.86. The van der Waals surface area contributed by atoms with E-state index in [2.05, 4.69) is 26.2 Å². The fourth-order valence-corrected chi connectivity index (χ4v) is 3.43. The Bertz CT molecular complexity index is 807. The number of rotatable bonds is 3. The number of carbonyl (C=O) groups is 2. The van der Waals surface area contributed by atoms with Crippen molar-refractivity contribution in [1.29, 1.82) is 0 Å². The summed E-state index contributed by atoms with van der Waals surface area (Å²) >= 11 is 9.39. The van der Waals surface area contributed by atoms with Gasteiger partial charge in [-0.15, -0.1) is 0 Å². The zero-order chi connectivity index (χ0) is 16.8. The molecule has 1 aromatic heterocycles. The van der Waals surface area contributed by atoms with Crippen molar-refractivity contribution >= 4 is 39.5 Å². The fourth-order valence-electron chi connectivity index (χ4n) is 2.60. The van der Waals surface area contributed by atoms with Crippen molar-refractivity contribution in [1.82, 2.24) is 19.8 Å². The SMILES string of the molecule is Cn1c(Cl)cnc1CN1C(=O)NC(C)(c2ccccc2Br)C1=O. The Kier molecular flexibility index (Phi) is 3.93. The average Bonchev–Trinajstić information content (AvgIpc) is 2.93. The molecule has 0 spiro atoms. The van der Waals surface area contributed by atoms with Crippen LogP contribution in [0, 0.1) is 0 Å². The molecular formula is C15H14BrClN4O2. The summed E-state index contributed by atoms with van der Waals surface area (Å²) in [5, 5.41) is 3.22. The summed E-state index contributed by atoms with van der Waals surface area (Å²) in [6, 6.07) is 6.87. The number of imide groups is 1. The number of urea groups is 1. The lowest BCUT2D eigenvalue weighted by Crippen LogP contribution is -2.41. The summed E-state index contributed by atoms with van der Waals surface area (Å²) in [4.78, 5) is 30.5. The molecule has 1 N–H and O–H groups in total. The van der Waals surface area contributed by atoms with Gasteiger partial charge in [-0.3, -0.25) is 9.69 Å². The Morgan fingerprint density at radius 2 is 2.04 bits per heavy atom. The van der Waals surface area contributed by atoms with E-state index in [1.54, 1.807) is 18.5 Å². The highest BCUT2D eigenvalue weighted by Gasteiger charge is 2.50. The number of aromatic nitrogens is 2. The van der Waals surface area contributed by atoms with E-state index in [1.165, 1.54) is 6.20 Å². The Labute approximate surface area is 146 Å². The molecule has 2 heterocycles. The standard InChI is InChI=1S/C15H14BrClN4O2/c1-15(9-5-3-4-6-10(9)16)13(22)21(14(23)19-15)8-12-18-7-11(17)20(12)2/h3-7H,8H2,1-2H3,(H,19,23). The van der Waals surface area contributed by atoms with Crippen molar-refractivity contribution in [3.8, 4) is 0 Å². The molecule has 8 heteroatoms. The van der Waals surface area contributed by atoms with Gasteiger partial charge in [0.15, 0.2) is 0 Å². The van der Waals surface area contributed by atoms with Crippen LogP contribution in [0.1, 0.15) is 18.3 Å². The third kappa shape index (κ3) is 2.53. The number of nitrogens with zero attached hydrogens (tertiary/aromatic N) is 3. The van der Waals surface area contributed by atoms with Crippen molar-refractivity contribution < 1.29 is 9.59 Å². The second kappa shape index (κ2) is 5.65. The van der Waals surface area contributed by atoms with E-state index in [4.69, 9.17) is 11.6 Å². The van der Waals surface area contributed by atoms with E-state index >= 15 is 0 Å². The minimum Gasteiger partial charge on any atom is -0.321 e. The summed E-state index contributed by atoms with van der Waals surface area (Å²) in [6.07, 6.45) is 1.49. The molecule has 0 saturated carbocycles. The summed E-state index contributed by atoms with van der Waals surface area (Å²) in [5.74, 6) is 0.211. The summed E-state index contributed by atoms with van der Waals surface area (Å²) in [6.45, 7) is 1.76. The summed E-state index contributed by atoms with van der Waals surface area (Å²) in [5.41, 5.74) is -0.412. The molecule has 0 bridgehead atoms. The van der Waals surface area contributed by atoms with Gasteiger partial charge in [-0.05, 0) is 13.0 Å². The third-order valence-corrected chi connectivity index (χ3v) is 5.06. The molecule has 0 aliphatic carbocycles. The van der Waals surface area contributed by atoms with Crippen molar-refractivity contribution in [3.05, 3.63) is 51.5 Å². The molecule has 1 saturated heterocycles. The first-order chi connectivity index (χ1) is 10.8. The van der Waals surface area contributed by atoms with Gasteiger partial charge in [0.2, 0.25) is 0 Å². The van der Waals surface area contributed by atoms with Gasteiger partial charge in [0.05, 0.1) is 12.7 Å². The van der Waals surface area contributed by atoms with Crippen LogP contribution in [0.15, 0.2) is 34.9 Å². The molecule has 1 unspecified atom stereocenters. The van der Waals surface area contributed by atoms with E-state index < -0.39 is 11.6 Å². The van der Waals surface area contributed by atoms with Crippen LogP contribution < -0.4 is 5.32 Å². The van der Waals surface area contributed by atoms with Crippen molar-refractivity contribution in [2.75, 3.05) is 0 Å². The van der Waals surface area contributed by atoms with Crippen LogP contribution in [0.2, 0.25) is 5.15 Å². The van der Waals surface area contributed by atoms with Gasteiger partial charge < -0.3 is 9.88 Å². The Morgan fingerprint density at radius 1 is 1.35 bits per heavy atom. The molecule has 6 nitrogen and oxygen atoms in total. The number of benzene rings is 1. The van der Waals surface area contributed by atoms with Gasteiger partial charge >= 0.3 is 6.03 Å². The summed E-state index contributed by atoms with van der Waals surface area (Å²) < 4.78 is 2.40. The molecule has 1 atom stereocenters. The van der Waals surface area contributed by atoms with Crippen LogP contribution in [0.4, 0.5) is 4.79 Å². The molecule has 2 aromatic rings. The zero-order valence-electron chi connectivity index (χ0n) is 12.5. The van der Waals surface area contributed by atoms with E-state index in [0.717, 1.165) is 9.37 Å². The predicted octanol–water partition coefficient (Wildman–Crippen LogP) is 2.80. The maximum Gasteiger partial charge on any atom is 0.325 e. The van der Waals surface area contributed by atoms with Crippen LogP contribution in [0.3, 0.4) is 0 Å². The molecule has 23 heavy (non-hydrogen) atoms. The molecule has 1 aliphatic heterocycles. The molecule has 1 aliphatic rings. The van der Waals surface area contributed by atoms with Crippen molar-refractivity contribution in [3.63, 3.8) is 0 Å². The second-order valence-electron chi connectivity index (χ2n) is 5.48. The van der Waals surface area contributed by atoms with E-state index in [1.807, 2.05) is 24.3 Å². The van der Waals surface area contributed by atoms with Crippen molar-refractivity contribution in [2.45, 2.75) is 19.0 Å². The lowest BCUT2D eigenvalue weighted by atomic mass is 9.92. The highest BCUT2D eigenvalue weighted by molar-refractivity contribution is 9.10. The highest BCUT2D eigenvalue weighted by Crippen LogP contribution is 2.34. The van der Waals surface area contributed by atoms with Crippen LogP contribution in [0.5, 0.6) is 0 Å². The smallest absolute Gasteiger partial charge is 0.321 e. The molecule has 3 rings (SSSR count). The number of carbonyl (C=O) groups excluding carboxylic acids is 2. The largest absolute Gasteiger partial charge is 0.325 e. The maximum atomic E-state index is 12.9. The fraction of sp³-hybridized carbons (Fsp3) is 0.267. The minimum atomic E-state index is -1.12. The first-order valence-corrected chi connectivity index (χ1v) is 8.07. The minimum absolute atomic E-state index is 0.0634. The molecule has 120 valence electrons. The van der Waals surface area contributed by atoms with Crippen LogP contribution in [-0.2, 0) is 23.9 Å². The molecule has 3 amide bonds. The second-order valence-corrected chi connectivity index (χ2v) is 6.72. The van der Waals surface area contributed by atoms with E-state index in [0.29, 0.717) is 16.5 Å². The molecule has 0 radical (unpaired) electrons. The van der Waals surface area contributed by atoms with Gasteiger partial charge in [0.25, 0.3) is 5.91 Å². The Balaban J connectivity index is 1.94. The van der Waals surface area contributed by atoms with Gasteiger partial charge in [-0.2, -0.15) is 0 Å². The monoisotopic (exact) mass is 396 g/mol. The van der Waals surface area contributed by atoms with E-state index in [9.17, 15) is 9.59 Å². The third-order valence-electron chi connectivity index (χ3n) is 4.01. The first kappa shape index (κ1) is 16.0. The van der Waals surface area contributed by atoms with Crippen LogP contribution in [-0.4, -0.2) is 26.4 Å². The predicted molar refractivity (Wildman–Crippen MR) is 88.8 cm³/mol. The van der Waals surface area contributed by atoms with Gasteiger partial charge in [0.1, 0.15) is 16.5 Å². The quantitative estimate of drug-likeness (QED) is 0.810. The lowest BCUT2D eigenvalue weighted by Gasteiger charge is -2.23. The molecule has 1 aromatic carbocycles. The first-order valence-electron chi connectivity index (χ1n) is 6.90. The zero-order valence-corrected chi connectivity index (χ0v) is 14.8. The number of imidazole rings is 1. The molecule has 1 fully saturated rings. The number of nitrogens with one attached hydrogen (secondary N) is 1. The maximum absolute atomic E-state index is 12.9. The average molecular weight is 398 g/mol. The number of hydrogen-bond donors (Lipinski definition) is 1. The van der Waals surface area contributed by atoms with Gasteiger partial charge in [-0.1, -0.05) is 45.7 Å². The normalized spacial score (nSPS) is 21.0. The van der Waals surface area contributed by atoms with E-state index in [-0.39, 0.29) is 12.5 Å². The highest BCUT2D eigenvalue weighted by atomic mass is 79.9. The van der Waals surface area contributed by atoms with Crippen LogP contribution in [0.25, 0.3) is 0 Å². The molecular weight excluding hydrogens is 384 g/mol. The number of hydrogen-bond acceptors (Lipinski definition) is 3. The number of amides is 3. The summed E-state index contributed by atoms with van der Waals surface area (Å²) in [7, 11) is 1.73. The van der Waals surface area contributed by atoms with Gasteiger partial charge in [-0.25, -0.2) is 9.78 Å². The van der Waals surface area contributed by atoms with Gasteiger partial charge in [0, 0.05) is 17.1 Å². The Morgan fingerprint density at radius 3 is 2.65 bits per heavy atom. The van der Waals surface area contributed by atoms with Crippen molar-refractivity contribution in [2.24, 2.45) is 7.05 Å².